The lowest BCUT2D eigenvalue weighted by molar-refractivity contribution is 0.0985. The minimum absolute atomic E-state index is 0.0459. The summed E-state index contributed by atoms with van der Waals surface area (Å²) in [6, 6.07) is 2.23. The Morgan fingerprint density at radius 1 is 1.13 bits per heavy atom. The van der Waals surface area contributed by atoms with Crippen LogP contribution in [-0.4, -0.2) is 21.8 Å². The number of benzene rings is 1. The number of rotatable bonds is 3. The van der Waals surface area contributed by atoms with Crippen LogP contribution in [0.4, 0.5) is 0 Å². The molecule has 1 aromatic rings. The summed E-state index contributed by atoms with van der Waals surface area (Å²) in [4.78, 5) is 22.5. The quantitative estimate of drug-likeness (QED) is 0.744. The molecule has 1 rings (SSSR count). The van der Waals surface area contributed by atoms with Gasteiger partial charge in [0.25, 0.3) is 0 Å². The summed E-state index contributed by atoms with van der Waals surface area (Å²) in [5.41, 5.74) is 0.116. The Bertz CT molecular complexity index is 421. The highest BCUT2D eigenvalue weighted by atomic mass is 16.3. The van der Waals surface area contributed by atoms with Gasteiger partial charge < -0.3 is 10.2 Å². The lowest BCUT2D eigenvalue weighted by Crippen LogP contribution is -2.01. The van der Waals surface area contributed by atoms with Crippen molar-refractivity contribution in [2.24, 2.45) is 0 Å². The molecule has 0 aliphatic carbocycles. The number of ketones is 2. The van der Waals surface area contributed by atoms with E-state index in [-0.39, 0.29) is 40.6 Å². The van der Waals surface area contributed by atoms with E-state index in [1.807, 2.05) is 0 Å². The van der Waals surface area contributed by atoms with Crippen LogP contribution in [0.15, 0.2) is 12.1 Å². The third kappa shape index (κ3) is 2.15. The number of carbonyl (C=O) groups excluding carboxylic acids is 2. The van der Waals surface area contributed by atoms with Gasteiger partial charge in [-0.05, 0) is 13.0 Å². The minimum Gasteiger partial charge on any atom is -0.507 e. The van der Waals surface area contributed by atoms with Gasteiger partial charge in [-0.25, -0.2) is 0 Å². The van der Waals surface area contributed by atoms with E-state index in [0.717, 1.165) is 6.07 Å². The van der Waals surface area contributed by atoms with Gasteiger partial charge in [-0.1, -0.05) is 6.92 Å². The maximum atomic E-state index is 11.4. The molecule has 0 fully saturated rings. The van der Waals surface area contributed by atoms with Gasteiger partial charge in [-0.3, -0.25) is 9.59 Å². The molecule has 0 aliphatic rings. The van der Waals surface area contributed by atoms with Crippen LogP contribution in [-0.2, 0) is 0 Å². The van der Waals surface area contributed by atoms with Crippen LogP contribution >= 0.6 is 0 Å². The topological polar surface area (TPSA) is 74.6 Å². The van der Waals surface area contributed by atoms with Crippen molar-refractivity contribution < 1.29 is 19.8 Å². The second kappa shape index (κ2) is 4.13. The van der Waals surface area contributed by atoms with Crippen molar-refractivity contribution in [3.05, 3.63) is 23.3 Å². The van der Waals surface area contributed by atoms with Gasteiger partial charge in [0, 0.05) is 12.5 Å². The molecule has 0 spiro atoms. The summed E-state index contributed by atoms with van der Waals surface area (Å²) in [7, 11) is 0. The van der Waals surface area contributed by atoms with Crippen molar-refractivity contribution >= 4 is 11.6 Å². The first-order valence-corrected chi connectivity index (χ1v) is 4.57. The number of phenolic OH excluding ortho intramolecular Hbond substituents is 2. The van der Waals surface area contributed by atoms with Crippen molar-refractivity contribution in [1.29, 1.82) is 0 Å². The van der Waals surface area contributed by atoms with Crippen molar-refractivity contribution in [1.82, 2.24) is 0 Å². The van der Waals surface area contributed by atoms with Crippen LogP contribution in [0.2, 0.25) is 0 Å². The Balaban J connectivity index is 3.36. The zero-order valence-electron chi connectivity index (χ0n) is 8.57. The molecule has 0 heterocycles. The molecular weight excluding hydrogens is 196 g/mol. The van der Waals surface area contributed by atoms with Crippen molar-refractivity contribution in [3.63, 3.8) is 0 Å². The van der Waals surface area contributed by atoms with Crippen LogP contribution < -0.4 is 0 Å². The number of Topliss-reactive ketones (excluding diaryl/α,β-unsaturated/α-hetero) is 2. The highest BCUT2D eigenvalue weighted by molar-refractivity contribution is 6.03. The van der Waals surface area contributed by atoms with E-state index < -0.39 is 0 Å². The fourth-order valence-corrected chi connectivity index (χ4v) is 1.27. The first-order chi connectivity index (χ1) is 6.97. The highest BCUT2D eigenvalue weighted by Gasteiger charge is 2.15. The van der Waals surface area contributed by atoms with Gasteiger partial charge in [-0.15, -0.1) is 0 Å². The SMILES string of the molecule is CCC(=O)c1cc(C(C)=O)c(O)cc1O. The fourth-order valence-electron chi connectivity index (χ4n) is 1.27. The summed E-state index contributed by atoms with van der Waals surface area (Å²) >= 11 is 0. The van der Waals surface area contributed by atoms with E-state index in [4.69, 9.17) is 0 Å². The number of hydrogen-bond donors (Lipinski definition) is 2. The molecule has 0 saturated carbocycles. The average Bonchev–Trinajstić information content (AvgIpc) is 2.16. The van der Waals surface area contributed by atoms with E-state index >= 15 is 0 Å². The monoisotopic (exact) mass is 208 g/mol. The number of hydrogen-bond acceptors (Lipinski definition) is 4. The Labute approximate surface area is 87.2 Å². The molecule has 2 N–H and O–H groups in total. The van der Waals surface area contributed by atoms with Gasteiger partial charge in [0.15, 0.2) is 11.6 Å². The summed E-state index contributed by atoms with van der Waals surface area (Å²) in [6.07, 6.45) is 0.232. The molecule has 4 nitrogen and oxygen atoms in total. The second-order valence-corrected chi connectivity index (χ2v) is 3.22. The van der Waals surface area contributed by atoms with Crippen LogP contribution in [0, 0.1) is 0 Å². The van der Waals surface area contributed by atoms with Gasteiger partial charge in [0.2, 0.25) is 0 Å². The van der Waals surface area contributed by atoms with Crippen LogP contribution in [0.5, 0.6) is 11.5 Å². The molecular formula is C11H12O4. The largest absolute Gasteiger partial charge is 0.507 e. The van der Waals surface area contributed by atoms with Crippen LogP contribution in [0.1, 0.15) is 41.0 Å². The smallest absolute Gasteiger partial charge is 0.166 e. The first kappa shape index (κ1) is 11.2. The molecule has 0 aromatic heterocycles. The van der Waals surface area contributed by atoms with E-state index in [1.165, 1.54) is 13.0 Å². The van der Waals surface area contributed by atoms with Gasteiger partial charge in [0.1, 0.15) is 11.5 Å². The normalized spacial score (nSPS) is 10.0. The molecule has 0 aliphatic heterocycles. The van der Waals surface area contributed by atoms with E-state index in [0.29, 0.717) is 0 Å². The van der Waals surface area contributed by atoms with E-state index in [1.54, 1.807) is 6.92 Å². The second-order valence-electron chi connectivity index (χ2n) is 3.22. The zero-order chi connectivity index (χ0) is 11.6. The molecule has 0 unspecified atom stereocenters. The summed E-state index contributed by atoms with van der Waals surface area (Å²) < 4.78 is 0. The lowest BCUT2D eigenvalue weighted by atomic mass is 10.0. The maximum absolute atomic E-state index is 11.4. The van der Waals surface area contributed by atoms with Crippen molar-refractivity contribution in [3.8, 4) is 11.5 Å². The summed E-state index contributed by atoms with van der Waals surface area (Å²) in [5, 5.41) is 18.8. The Kier molecular flexibility index (Phi) is 3.09. The minimum atomic E-state index is -0.349. The molecule has 15 heavy (non-hydrogen) atoms. The first-order valence-electron chi connectivity index (χ1n) is 4.57. The predicted octanol–water partition coefficient (Wildman–Crippen LogP) is 1.89. The Morgan fingerprint density at radius 2 is 1.67 bits per heavy atom. The molecule has 0 radical (unpaired) electrons. The fraction of sp³-hybridized carbons (Fsp3) is 0.273. The standard InChI is InChI=1S/C11H12O4/c1-3-9(13)8-4-7(6(2)12)10(14)5-11(8)15/h4-5,14-15H,3H2,1-2H3. The Morgan fingerprint density at radius 3 is 2.13 bits per heavy atom. The third-order valence-corrected chi connectivity index (χ3v) is 2.11. The number of phenols is 2. The van der Waals surface area contributed by atoms with Crippen molar-refractivity contribution in [2.45, 2.75) is 20.3 Å². The predicted molar refractivity (Wildman–Crippen MR) is 54.4 cm³/mol. The Hall–Kier alpha value is -1.84. The molecule has 0 atom stereocenters. The van der Waals surface area contributed by atoms with Gasteiger partial charge in [-0.2, -0.15) is 0 Å². The highest BCUT2D eigenvalue weighted by Crippen LogP contribution is 2.28. The van der Waals surface area contributed by atoms with Crippen LogP contribution in [0.25, 0.3) is 0 Å². The summed E-state index contributed by atoms with van der Waals surface area (Å²) in [6.45, 7) is 2.94. The molecule has 80 valence electrons. The molecule has 0 bridgehead atoms. The molecule has 1 aromatic carbocycles. The molecule has 0 saturated heterocycles. The average molecular weight is 208 g/mol. The number of aromatic hydroxyl groups is 2. The van der Waals surface area contributed by atoms with Gasteiger partial charge >= 0.3 is 0 Å². The summed E-state index contributed by atoms with van der Waals surface area (Å²) in [5.74, 6) is -1.23. The van der Waals surface area contributed by atoms with E-state index in [2.05, 4.69) is 0 Å². The van der Waals surface area contributed by atoms with Gasteiger partial charge in [0.05, 0.1) is 11.1 Å². The molecule has 4 heteroatoms. The van der Waals surface area contributed by atoms with Crippen molar-refractivity contribution in [2.75, 3.05) is 0 Å². The van der Waals surface area contributed by atoms with Crippen LogP contribution in [0.3, 0.4) is 0 Å². The lowest BCUT2D eigenvalue weighted by Gasteiger charge is -2.06. The van der Waals surface area contributed by atoms with E-state index in [9.17, 15) is 19.8 Å². The number of carbonyl (C=O) groups is 2. The maximum Gasteiger partial charge on any atom is 0.166 e. The third-order valence-electron chi connectivity index (χ3n) is 2.11. The molecule has 0 amide bonds. The zero-order valence-corrected chi connectivity index (χ0v) is 8.57.